The predicted octanol–water partition coefficient (Wildman–Crippen LogP) is 2.92. The van der Waals surface area contributed by atoms with E-state index in [1.807, 2.05) is 6.92 Å². The van der Waals surface area contributed by atoms with Gasteiger partial charge in [-0.1, -0.05) is 6.92 Å². The van der Waals surface area contributed by atoms with Crippen LogP contribution in [0.5, 0.6) is 0 Å². The highest BCUT2D eigenvalue weighted by molar-refractivity contribution is 6.20. The van der Waals surface area contributed by atoms with Crippen LogP contribution in [0.25, 0.3) is 0 Å². The van der Waals surface area contributed by atoms with Crippen molar-refractivity contribution in [2.24, 2.45) is 5.92 Å². The Kier molecular flexibility index (Phi) is 3.67. The molecule has 2 atom stereocenters. The van der Waals surface area contributed by atoms with Gasteiger partial charge in [0.15, 0.2) is 0 Å². The molecule has 2 unspecified atom stereocenters. The number of likely N-dealkylation sites (tertiary alicyclic amines) is 1. The molecule has 0 N–H and O–H groups in total. The molecule has 1 aliphatic rings. The fraction of sp³-hybridized carbons (Fsp3) is 0.462. The van der Waals surface area contributed by atoms with Gasteiger partial charge in [-0.2, -0.15) is 0 Å². The van der Waals surface area contributed by atoms with Gasteiger partial charge in [-0.25, -0.2) is 4.39 Å². The van der Waals surface area contributed by atoms with Crippen LogP contribution in [-0.2, 0) is 0 Å². The SMILES string of the molecule is CC1CN(C(=O)c2ccc(F)cc2)CCC1Cl. The number of carbonyl (C=O) groups is 1. The van der Waals surface area contributed by atoms with E-state index in [2.05, 4.69) is 0 Å². The Morgan fingerprint density at radius 3 is 2.65 bits per heavy atom. The van der Waals surface area contributed by atoms with Crippen molar-refractivity contribution in [2.75, 3.05) is 13.1 Å². The Labute approximate surface area is 105 Å². The van der Waals surface area contributed by atoms with E-state index < -0.39 is 0 Å². The van der Waals surface area contributed by atoms with E-state index in [1.54, 1.807) is 4.90 Å². The second-order valence-corrected chi connectivity index (χ2v) is 5.10. The van der Waals surface area contributed by atoms with Crippen LogP contribution in [0, 0.1) is 11.7 Å². The molecule has 0 aliphatic carbocycles. The molecule has 4 heteroatoms. The largest absolute Gasteiger partial charge is 0.338 e. The number of halogens is 2. The fourth-order valence-electron chi connectivity index (χ4n) is 2.08. The Bertz CT molecular complexity index is 406. The minimum absolute atomic E-state index is 0.0413. The second kappa shape index (κ2) is 5.05. The van der Waals surface area contributed by atoms with E-state index in [-0.39, 0.29) is 17.1 Å². The minimum atomic E-state index is -0.325. The third-order valence-corrected chi connectivity index (χ3v) is 3.83. The van der Waals surface area contributed by atoms with Crippen molar-refractivity contribution in [3.8, 4) is 0 Å². The number of amides is 1. The third-order valence-electron chi connectivity index (χ3n) is 3.18. The number of hydrogen-bond donors (Lipinski definition) is 0. The standard InChI is InChI=1S/C13H15ClFNO/c1-9-8-16(7-6-12(9)14)13(17)10-2-4-11(15)5-3-10/h2-5,9,12H,6-8H2,1H3. The van der Waals surface area contributed by atoms with Gasteiger partial charge in [0.25, 0.3) is 5.91 Å². The average molecular weight is 256 g/mol. The normalized spacial score (nSPS) is 24.8. The van der Waals surface area contributed by atoms with E-state index in [0.717, 1.165) is 6.42 Å². The maximum atomic E-state index is 12.8. The van der Waals surface area contributed by atoms with Crippen LogP contribution in [0.1, 0.15) is 23.7 Å². The summed E-state index contributed by atoms with van der Waals surface area (Å²) in [5.74, 6) is -0.0652. The molecular weight excluding hydrogens is 241 g/mol. The summed E-state index contributed by atoms with van der Waals surface area (Å²) in [5, 5.41) is 0.146. The van der Waals surface area contributed by atoms with Gasteiger partial charge in [0.05, 0.1) is 0 Å². The Morgan fingerprint density at radius 1 is 1.41 bits per heavy atom. The molecule has 1 aromatic carbocycles. The number of rotatable bonds is 1. The van der Waals surface area contributed by atoms with E-state index in [9.17, 15) is 9.18 Å². The molecule has 0 radical (unpaired) electrons. The zero-order valence-corrected chi connectivity index (χ0v) is 10.5. The Balaban J connectivity index is 2.08. The highest BCUT2D eigenvalue weighted by atomic mass is 35.5. The Hall–Kier alpha value is -1.09. The zero-order chi connectivity index (χ0) is 12.4. The molecule has 1 aliphatic heterocycles. The molecule has 1 saturated heterocycles. The number of hydrogen-bond acceptors (Lipinski definition) is 1. The van der Waals surface area contributed by atoms with Gasteiger partial charge in [-0.05, 0) is 36.6 Å². The zero-order valence-electron chi connectivity index (χ0n) is 9.70. The van der Waals surface area contributed by atoms with Crippen LogP contribution in [-0.4, -0.2) is 29.3 Å². The molecular formula is C13H15ClFNO. The van der Waals surface area contributed by atoms with E-state index in [0.29, 0.717) is 24.6 Å². The monoisotopic (exact) mass is 255 g/mol. The smallest absolute Gasteiger partial charge is 0.253 e. The van der Waals surface area contributed by atoms with E-state index in [4.69, 9.17) is 11.6 Å². The fourth-order valence-corrected chi connectivity index (χ4v) is 2.25. The van der Waals surface area contributed by atoms with Crippen LogP contribution in [0.2, 0.25) is 0 Å². The first-order chi connectivity index (χ1) is 8.08. The number of benzene rings is 1. The molecule has 1 fully saturated rings. The van der Waals surface area contributed by atoms with Gasteiger partial charge in [-0.15, -0.1) is 11.6 Å². The number of alkyl halides is 1. The summed E-state index contributed by atoms with van der Waals surface area (Å²) in [4.78, 5) is 13.9. The number of piperidine rings is 1. The van der Waals surface area contributed by atoms with Gasteiger partial charge in [0.2, 0.25) is 0 Å². The highest BCUT2D eigenvalue weighted by Gasteiger charge is 2.27. The van der Waals surface area contributed by atoms with Gasteiger partial charge in [0.1, 0.15) is 5.82 Å². The van der Waals surface area contributed by atoms with Gasteiger partial charge >= 0.3 is 0 Å². The van der Waals surface area contributed by atoms with E-state index in [1.165, 1.54) is 24.3 Å². The van der Waals surface area contributed by atoms with Crippen LogP contribution in [0.3, 0.4) is 0 Å². The van der Waals surface area contributed by atoms with Crippen LogP contribution >= 0.6 is 11.6 Å². The van der Waals surface area contributed by atoms with Crippen molar-refractivity contribution in [1.82, 2.24) is 4.90 Å². The van der Waals surface area contributed by atoms with Crippen LogP contribution in [0.4, 0.5) is 4.39 Å². The van der Waals surface area contributed by atoms with Gasteiger partial charge in [0, 0.05) is 24.0 Å². The van der Waals surface area contributed by atoms with Crippen molar-refractivity contribution >= 4 is 17.5 Å². The molecule has 92 valence electrons. The van der Waals surface area contributed by atoms with Gasteiger partial charge in [-0.3, -0.25) is 4.79 Å². The maximum Gasteiger partial charge on any atom is 0.253 e. The molecule has 1 amide bonds. The molecule has 1 heterocycles. The van der Waals surface area contributed by atoms with Crippen molar-refractivity contribution in [2.45, 2.75) is 18.7 Å². The van der Waals surface area contributed by atoms with Crippen molar-refractivity contribution in [1.29, 1.82) is 0 Å². The molecule has 2 rings (SSSR count). The summed E-state index contributed by atoms with van der Waals surface area (Å²) < 4.78 is 12.8. The lowest BCUT2D eigenvalue weighted by molar-refractivity contribution is 0.0687. The van der Waals surface area contributed by atoms with Crippen LogP contribution in [0.15, 0.2) is 24.3 Å². The summed E-state index contributed by atoms with van der Waals surface area (Å²) >= 11 is 6.12. The number of nitrogens with zero attached hydrogens (tertiary/aromatic N) is 1. The van der Waals surface area contributed by atoms with Crippen molar-refractivity contribution < 1.29 is 9.18 Å². The lowest BCUT2D eigenvalue weighted by atomic mass is 9.99. The van der Waals surface area contributed by atoms with E-state index >= 15 is 0 Å². The number of carbonyl (C=O) groups excluding carboxylic acids is 1. The molecule has 0 aromatic heterocycles. The second-order valence-electron chi connectivity index (χ2n) is 4.54. The highest BCUT2D eigenvalue weighted by Crippen LogP contribution is 2.23. The topological polar surface area (TPSA) is 20.3 Å². The minimum Gasteiger partial charge on any atom is -0.338 e. The molecule has 2 nitrogen and oxygen atoms in total. The van der Waals surface area contributed by atoms with Crippen molar-refractivity contribution in [3.05, 3.63) is 35.6 Å². The average Bonchev–Trinajstić information content (AvgIpc) is 2.33. The summed E-state index contributed by atoms with van der Waals surface area (Å²) in [7, 11) is 0. The first-order valence-electron chi connectivity index (χ1n) is 5.77. The molecule has 0 saturated carbocycles. The lowest BCUT2D eigenvalue weighted by Crippen LogP contribution is -2.43. The first kappa shape index (κ1) is 12.4. The quantitative estimate of drug-likeness (QED) is 0.707. The molecule has 1 aromatic rings. The molecule has 0 bridgehead atoms. The van der Waals surface area contributed by atoms with Crippen molar-refractivity contribution in [3.63, 3.8) is 0 Å². The first-order valence-corrected chi connectivity index (χ1v) is 6.20. The summed E-state index contributed by atoms with van der Waals surface area (Å²) in [5.41, 5.74) is 0.534. The lowest BCUT2D eigenvalue weighted by Gasteiger charge is -2.34. The summed E-state index contributed by atoms with van der Waals surface area (Å²) in [6.07, 6.45) is 0.815. The molecule has 0 spiro atoms. The third kappa shape index (κ3) is 2.78. The summed E-state index contributed by atoms with van der Waals surface area (Å²) in [6.45, 7) is 3.39. The predicted molar refractivity (Wildman–Crippen MR) is 65.7 cm³/mol. The molecule has 17 heavy (non-hydrogen) atoms. The Morgan fingerprint density at radius 2 is 2.06 bits per heavy atom. The van der Waals surface area contributed by atoms with Crippen LogP contribution < -0.4 is 0 Å². The maximum absolute atomic E-state index is 12.8. The summed E-state index contributed by atoms with van der Waals surface area (Å²) in [6, 6.07) is 5.67. The van der Waals surface area contributed by atoms with Gasteiger partial charge < -0.3 is 4.90 Å².